The van der Waals surface area contributed by atoms with E-state index in [1.54, 1.807) is 0 Å². The van der Waals surface area contributed by atoms with Gasteiger partial charge < -0.3 is 0 Å². The Balaban J connectivity index is 2.68. The molecule has 0 unspecified atom stereocenters. The van der Waals surface area contributed by atoms with E-state index in [1.807, 2.05) is 23.1 Å². The van der Waals surface area contributed by atoms with Crippen LogP contribution in [0.25, 0.3) is 10.1 Å². The first-order valence-corrected chi connectivity index (χ1v) is 6.86. The van der Waals surface area contributed by atoms with Crippen molar-refractivity contribution in [3.05, 3.63) is 28.6 Å². The van der Waals surface area contributed by atoms with E-state index in [0.29, 0.717) is 0 Å². The van der Waals surface area contributed by atoms with Gasteiger partial charge in [-0.25, -0.2) is 0 Å². The van der Waals surface area contributed by atoms with Crippen molar-refractivity contribution in [1.82, 2.24) is 0 Å². The van der Waals surface area contributed by atoms with Gasteiger partial charge in [-0.05, 0) is 42.7 Å². The summed E-state index contributed by atoms with van der Waals surface area (Å²) in [7, 11) is 0. The molecule has 0 fully saturated rings. The summed E-state index contributed by atoms with van der Waals surface area (Å²) in [4.78, 5) is 2.89. The molecule has 1 heterocycles. The molecule has 0 bridgehead atoms. The van der Waals surface area contributed by atoms with E-state index in [9.17, 15) is 0 Å². The predicted molar refractivity (Wildman–Crippen MR) is 67.7 cm³/mol. The summed E-state index contributed by atoms with van der Waals surface area (Å²) in [6.07, 6.45) is 3.29. The Kier molecular flexibility index (Phi) is 2.84. The average molecular weight is 222 g/mol. The molecular weight excluding hydrogens is 208 g/mol. The van der Waals surface area contributed by atoms with E-state index in [-0.39, 0.29) is 0 Å². The lowest BCUT2D eigenvalue weighted by atomic mass is 10.2. The van der Waals surface area contributed by atoms with Gasteiger partial charge in [-0.2, -0.15) is 0 Å². The van der Waals surface area contributed by atoms with Gasteiger partial charge in [-0.3, -0.25) is 0 Å². The summed E-state index contributed by atoms with van der Waals surface area (Å²) in [5.74, 6) is 0. The third kappa shape index (κ3) is 1.57. The Bertz CT molecular complexity index is 455. The first-order valence-electron chi connectivity index (χ1n) is 4.82. The standard InChI is InChI=1S/C12H14S2/c1-4-10-7-9-5-6-11(13-3)8(2)12(9)14-10/h5-7H,4H2,1-3H3. The zero-order chi connectivity index (χ0) is 10.1. The van der Waals surface area contributed by atoms with Gasteiger partial charge in [0.2, 0.25) is 0 Å². The van der Waals surface area contributed by atoms with Crippen LogP contribution < -0.4 is 0 Å². The van der Waals surface area contributed by atoms with E-state index >= 15 is 0 Å². The van der Waals surface area contributed by atoms with E-state index in [1.165, 1.54) is 25.4 Å². The third-order valence-electron chi connectivity index (χ3n) is 2.50. The SMILES string of the molecule is CCc1cc2ccc(SC)c(C)c2s1. The van der Waals surface area contributed by atoms with E-state index in [0.717, 1.165) is 6.42 Å². The minimum atomic E-state index is 1.15. The fourth-order valence-electron chi connectivity index (χ4n) is 1.67. The molecule has 0 atom stereocenters. The lowest BCUT2D eigenvalue weighted by Crippen LogP contribution is -1.77. The maximum Gasteiger partial charge on any atom is 0.0386 e. The highest BCUT2D eigenvalue weighted by Crippen LogP contribution is 2.33. The number of thioether (sulfide) groups is 1. The average Bonchev–Trinajstić information content (AvgIpc) is 2.62. The number of hydrogen-bond donors (Lipinski definition) is 0. The molecule has 1 aromatic heterocycles. The normalized spacial score (nSPS) is 11.1. The molecule has 74 valence electrons. The lowest BCUT2D eigenvalue weighted by molar-refractivity contribution is 1.19. The van der Waals surface area contributed by atoms with Crippen LogP contribution in [0.2, 0.25) is 0 Å². The largest absolute Gasteiger partial charge is 0.140 e. The molecule has 0 spiro atoms. The van der Waals surface area contributed by atoms with Crippen LogP contribution in [0.15, 0.2) is 23.1 Å². The van der Waals surface area contributed by atoms with Gasteiger partial charge in [0.05, 0.1) is 0 Å². The van der Waals surface area contributed by atoms with Gasteiger partial charge in [-0.15, -0.1) is 23.1 Å². The van der Waals surface area contributed by atoms with Crippen molar-refractivity contribution in [3.63, 3.8) is 0 Å². The summed E-state index contributed by atoms with van der Waals surface area (Å²) in [6, 6.07) is 6.79. The Morgan fingerprint density at radius 2 is 2.14 bits per heavy atom. The van der Waals surface area contributed by atoms with Gasteiger partial charge in [-0.1, -0.05) is 13.0 Å². The first kappa shape index (κ1) is 10.1. The van der Waals surface area contributed by atoms with Crippen LogP contribution in [0.3, 0.4) is 0 Å². The highest BCUT2D eigenvalue weighted by molar-refractivity contribution is 7.98. The Labute approximate surface area is 93.3 Å². The molecule has 2 aromatic rings. The summed E-state index contributed by atoms with van der Waals surface area (Å²) in [5, 5.41) is 1.40. The Morgan fingerprint density at radius 3 is 2.79 bits per heavy atom. The van der Waals surface area contributed by atoms with Gasteiger partial charge in [0.25, 0.3) is 0 Å². The summed E-state index contributed by atoms with van der Waals surface area (Å²) < 4.78 is 1.47. The molecule has 0 aliphatic heterocycles. The van der Waals surface area contributed by atoms with Gasteiger partial charge in [0.1, 0.15) is 0 Å². The number of benzene rings is 1. The fraction of sp³-hybridized carbons (Fsp3) is 0.333. The monoisotopic (exact) mass is 222 g/mol. The second-order valence-electron chi connectivity index (χ2n) is 3.38. The second-order valence-corrected chi connectivity index (χ2v) is 5.36. The number of fused-ring (bicyclic) bond motifs is 1. The molecule has 2 heteroatoms. The number of rotatable bonds is 2. The molecule has 0 aliphatic carbocycles. The maximum atomic E-state index is 2.32. The van der Waals surface area contributed by atoms with Gasteiger partial charge in [0.15, 0.2) is 0 Å². The highest BCUT2D eigenvalue weighted by Gasteiger charge is 2.06. The molecule has 0 amide bonds. The molecule has 0 aliphatic rings. The molecule has 1 aromatic carbocycles. The van der Waals surface area contributed by atoms with Gasteiger partial charge in [0, 0.05) is 14.5 Å². The Morgan fingerprint density at radius 1 is 1.36 bits per heavy atom. The van der Waals surface area contributed by atoms with Crippen molar-refractivity contribution >= 4 is 33.2 Å². The zero-order valence-corrected chi connectivity index (χ0v) is 10.4. The van der Waals surface area contributed by atoms with Crippen molar-refractivity contribution in [2.24, 2.45) is 0 Å². The molecule has 0 radical (unpaired) electrons. The summed E-state index contributed by atoms with van der Waals surface area (Å²) >= 11 is 3.77. The zero-order valence-electron chi connectivity index (χ0n) is 8.76. The molecule has 0 N–H and O–H groups in total. The van der Waals surface area contributed by atoms with Gasteiger partial charge >= 0.3 is 0 Å². The van der Waals surface area contributed by atoms with E-state index in [4.69, 9.17) is 0 Å². The fourth-order valence-corrected chi connectivity index (χ4v) is 3.45. The van der Waals surface area contributed by atoms with E-state index < -0.39 is 0 Å². The van der Waals surface area contributed by atoms with Crippen molar-refractivity contribution < 1.29 is 0 Å². The summed E-state index contributed by atoms with van der Waals surface area (Å²) in [6.45, 7) is 4.44. The van der Waals surface area contributed by atoms with Crippen LogP contribution in [0.4, 0.5) is 0 Å². The van der Waals surface area contributed by atoms with Crippen molar-refractivity contribution in [2.45, 2.75) is 25.2 Å². The van der Waals surface area contributed by atoms with Crippen molar-refractivity contribution in [3.8, 4) is 0 Å². The predicted octanol–water partition coefficient (Wildman–Crippen LogP) is 4.49. The first-order chi connectivity index (χ1) is 6.76. The molecule has 2 rings (SSSR count). The lowest BCUT2D eigenvalue weighted by Gasteiger charge is -2.02. The van der Waals surface area contributed by atoms with Crippen LogP contribution >= 0.6 is 23.1 Å². The highest BCUT2D eigenvalue weighted by atomic mass is 32.2. The molecular formula is C12H14S2. The van der Waals surface area contributed by atoms with E-state index in [2.05, 4.69) is 38.3 Å². The molecule has 14 heavy (non-hydrogen) atoms. The van der Waals surface area contributed by atoms with Crippen LogP contribution in [0.5, 0.6) is 0 Å². The van der Waals surface area contributed by atoms with Crippen molar-refractivity contribution in [1.29, 1.82) is 0 Å². The number of hydrogen-bond acceptors (Lipinski definition) is 2. The maximum absolute atomic E-state index is 2.32. The number of aryl methyl sites for hydroxylation is 2. The van der Waals surface area contributed by atoms with Crippen LogP contribution in [0, 0.1) is 6.92 Å². The minimum Gasteiger partial charge on any atom is -0.140 e. The quantitative estimate of drug-likeness (QED) is 0.674. The second kappa shape index (κ2) is 3.95. The molecule has 0 nitrogen and oxygen atoms in total. The third-order valence-corrected chi connectivity index (χ3v) is 4.80. The smallest absolute Gasteiger partial charge is 0.0386 e. The van der Waals surface area contributed by atoms with Crippen LogP contribution in [0.1, 0.15) is 17.4 Å². The molecule has 0 saturated carbocycles. The topological polar surface area (TPSA) is 0 Å². The van der Waals surface area contributed by atoms with Crippen molar-refractivity contribution in [2.75, 3.05) is 6.26 Å². The van der Waals surface area contributed by atoms with Crippen LogP contribution in [-0.2, 0) is 6.42 Å². The minimum absolute atomic E-state index is 1.15. The molecule has 0 saturated heterocycles. The summed E-state index contributed by atoms with van der Waals surface area (Å²) in [5.41, 5.74) is 1.44. The number of thiophene rings is 1. The van der Waals surface area contributed by atoms with Crippen LogP contribution in [-0.4, -0.2) is 6.26 Å². The Hall–Kier alpha value is -0.470.